The van der Waals surface area contributed by atoms with Gasteiger partial charge in [0.05, 0.1) is 16.6 Å². The SMILES string of the molecule is Cn1c(SCc2ccc(Cl)cc2)nnc1C1CCCN1C(=O)c1ccccc1Cl. The molecule has 0 saturated carbocycles. The fourth-order valence-corrected chi connectivity index (χ4v) is 4.75. The summed E-state index contributed by atoms with van der Waals surface area (Å²) in [5, 5.41) is 10.8. The Balaban J connectivity index is 1.51. The van der Waals surface area contributed by atoms with Crippen molar-refractivity contribution in [3.63, 3.8) is 0 Å². The predicted octanol–water partition coefficient (Wildman–Crippen LogP) is 5.39. The molecule has 1 saturated heterocycles. The quantitative estimate of drug-likeness (QED) is 0.492. The molecule has 1 aliphatic heterocycles. The Morgan fingerprint density at radius 3 is 2.66 bits per heavy atom. The fourth-order valence-electron chi connectivity index (χ4n) is 3.54. The van der Waals surface area contributed by atoms with Gasteiger partial charge in [-0.15, -0.1) is 10.2 Å². The fraction of sp³-hybridized carbons (Fsp3) is 0.286. The molecule has 5 nitrogen and oxygen atoms in total. The first-order chi connectivity index (χ1) is 14.0. The van der Waals surface area contributed by atoms with E-state index in [1.807, 2.05) is 52.9 Å². The second-order valence-electron chi connectivity index (χ2n) is 6.95. The summed E-state index contributed by atoms with van der Waals surface area (Å²) in [6.45, 7) is 0.689. The summed E-state index contributed by atoms with van der Waals surface area (Å²) in [6.07, 6.45) is 1.80. The van der Waals surface area contributed by atoms with Crippen molar-refractivity contribution in [2.75, 3.05) is 6.54 Å². The molecule has 1 atom stereocenters. The maximum atomic E-state index is 13.1. The monoisotopic (exact) mass is 446 g/mol. The lowest BCUT2D eigenvalue weighted by molar-refractivity contribution is 0.0728. The average Bonchev–Trinajstić information content (AvgIpc) is 3.34. The molecule has 1 aliphatic rings. The minimum absolute atomic E-state index is 0.0588. The molecule has 0 N–H and O–H groups in total. The summed E-state index contributed by atoms with van der Waals surface area (Å²) >= 11 is 13.8. The van der Waals surface area contributed by atoms with Gasteiger partial charge in [0, 0.05) is 24.4 Å². The molecule has 0 radical (unpaired) electrons. The van der Waals surface area contributed by atoms with Gasteiger partial charge in [0.2, 0.25) is 0 Å². The van der Waals surface area contributed by atoms with Gasteiger partial charge in [-0.2, -0.15) is 0 Å². The highest BCUT2D eigenvalue weighted by atomic mass is 35.5. The van der Waals surface area contributed by atoms with Crippen LogP contribution in [-0.4, -0.2) is 32.1 Å². The number of carbonyl (C=O) groups excluding carboxylic acids is 1. The van der Waals surface area contributed by atoms with Crippen molar-refractivity contribution in [3.05, 3.63) is 75.5 Å². The van der Waals surface area contributed by atoms with Crippen LogP contribution in [0.3, 0.4) is 0 Å². The predicted molar refractivity (Wildman–Crippen MR) is 116 cm³/mol. The van der Waals surface area contributed by atoms with Crippen LogP contribution in [0.1, 0.15) is 40.6 Å². The molecule has 2 heterocycles. The van der Waals surface area contributed by atoms with Crippen molar-refractivity contribution in [2.45, 2.75) is 29.8 Å². The lowest BCUT2D eigenvalue weighted by Crippen LogP contribution is -2.32. The van der Waals surface area contributed by atoms with Gasteiger partial charge in [0.1, 0.15) is 0 Å². The Bertz CT molecular complexity index is 1020. The highest BCUT2D eigenvalue weighted by Crippen LogP contribution is 2.34. The van der Waals surface area contributed by atoms with Gasteiger partial charge in [-0.05, 0) is 42.7 Å². The Hall–Kier alpha value is -2.02. The second-order valence-corrected chi connectivity index (χ2v) is 8.74. The third-order valence-corrected chi connectivity index (χ3v) is 6.74. The number of rotatable bonds is 5. The van der Waals surface area contributed by atoms with Crippen LogP contribution >= 0.6 is 35.0 Å². The van der Waals surface area contributed by atoms with E-state index in [1.165, 1.54) is 5.56 Å². The van der Waals surface area contributed by atoms with E-state index in [1.54, 1.807) is 23.9 Å². The largest absolute Gasteiger partial charge is 0.328 e. The molecule has 1 amide bonds. The van der Waals surface area contributed by atoms with Gasteiger partial charge < -0.3 is 9.47 Å². The number of hydrogen-bond donors (Lipinski definition) is 0. The molecule has 0 aliphatic carbocycles. The zero-order valence-corrected chi connectivity index (χ0v) is 18.2. The van der Waals surface area contributed by atoms with E-state index in [2.05, 4.69) is 10.2 Å². The maximum Gasteiger partial charge on any atom is 0.255 e. The van der Waals surface area contributed by atoms with E-state index in [9.17, 15) is 4.79 Å². The summed E-state index contributed by atoms with van der Waals surface area (Å²) in [5.74, 6) is 1.52. The van der Waals surface area contributed by atoms with E-state index >= 15 is 0 Å². The van der Waals surface area contributed by atoms with Gasteiger partial charge in [-0.25, -0.2) is 0 Å². The van der Waals surface area contributed by atoms with Crippen molar-refractivity contribution in [1.82, 2.24) is 19.7 Å². The lowest BCUT2D eigenvalue weighted by Gasteiger charge is -2.24. The number of aromatic nitrogens is 3. The van der Waals surface area contributed by atoms with Crippen molar-refractivity contribution >= 4 is 40.9 Å². The van der Waals surface area contributed by atoms with Gasteiger partial charge in [0.15, 0.2) is 11.0 Å². The first-order valence-electron chi connectivity index (χ1n) is 9.36. The highest BCUT2D eigenvalue weighted by Gasteiger charge is 2.34. The van der Waals surface area contributed by atoms with Gasteiger partial charge in [-0.1, -0.05) is 59.2 Å². The summed E-state index contributed by atoms with van der Waals surface area (Å²) in [7, 11) is 1.95. The molecule has 150 valence electrons. The minimum atomic E-state index is -0.0962. The van der Waals surface area contributed by atoms with Gasteiger partial charge in [-0.3, -0.25) is 4.79 Å². The summed E-state index contributed by atoms with van der Waals surface area (Å²) in [4.78, 5) is 14.9. The summed E-state index contributed by atoms with van der Waals surface area (Å²) in [5.41, 5.74) is 1.70. The molecule has 4 rings (SSSR count). The first kappa shape index (κ1) is 20.3. The van der Waals surface area contributed by atoms with Crippen LogP contribution in [0.15, 0.2) is 53.7 Å². The number of likely N-dealkylation sites (tertiary alicyclic amines) is 1. The number of halogens is 2. The Kier molecular flexibility index (Phi) is 6.13. The van der Waals surface area contributed by atoms with Crippen LogP contribution in [0.4, 0.5) is 0 Å². The van der Waals surface area contributed by atoms with Crippen LogP contribution in [0.25, 0.3) is 0 Å². The average molecular weight is 447 g/mol. The third-order valence-electron chi connectivity index (χ3n) is 5.07. The van der Waals surface area contributed by atoms with E-state index < -0.39 is 0 Å². The number of amides is 1. The van der Waals surface area contributed by atoms with Crippen molar-refractivity contribution in [1.29, 1.82) is 0 Å². The number of carbonyl (C=O) groups is 1. The molecule has 1 aromatic heterocycles. The molecule has 8 heteroatoms. The molecule has 2 aromatic carbocycles. The van der Waals surface area contributed by atoms with Crippen LogP contribution in [0.2, 0.25) is 10.0 Å². The molecule has 29 heavy (non-hydrogen) atoms. The van der Waals surface area contributed by atoms with Crippen molar-refractivity contribution < 1.29 is 4.79 Å². The van der Waals surface area contributed by atoms with Crippen molar-refractivity contribution in [3.8, 4) is 0 Å². The number of benzene rings is 2. The Labute approximate surface area is 184 Å². The van der Waals surface area contributed by atoms with Crippen molar-refractivity contribution in [2.24, 2.45) is 7.05 Å². The Morgan fingerprint density at radius 1 is 1.14 bits per heavy atom. The zero-order chi connectivity index (χ0) is 20.4. The molecule has 0 spiro atoms. The maximum absolute atomic E-state index is 13.1. The molecule has 3 aromatic rings. The minimum Gasteiger partial charge on any atom is -0.328 e. The molecular formula is C21H20Cl2N4OS. The van der Waals surface area contributed by atoms with Crippen LogP contribution in [-0.2, 0) is 12.8 Å². The zero-order valence-electron chi connectivity index (χ0n) is 15.9. The van der Waals surface area contributed by atoms with Crippen LogP contribution in [0.5, 0.6) is 0 Å². The van der Waals surface area contributed by atoms with E-state index in [0.29, 0.717) is 17.1 Å². The molecular weight excluding hydrogens is 427 g/mol. The van der Waals surface area contributed by atoms with E-state index in [-0.39, 0.29) is 11.9 Å². The van der Waals surface area contributed by atoms with Crippen LogP contribution in [0, 0.1) is 0 Å². The first-order valence-corrected chi connectivity index (χ1v) is 11.1. The normalized spacial score (nSPS) is 16.4. The smallest absolute Gasteiger partial charge is 0.255 e. The lowest BCUT2D eigenvalue weighted by atomic mass is 10.1. The van der Waals surface area contributed by atoms with Gasteiger partial charge in [0.25, 0.3) is 5.91 Å². The number of nitrogens with zero attached hydrogens (tertiary/aromatic N) is 4. The topological polar surface area (TPSA) is 51.0 Å². The van der Waals surface area contributed by atoms with E-state index in [4.69, 9.17) is 23.2 Å². The van der Waals surface area contributed by atoms with Crippen LogP contribution < -0.4 is 0 Å². The van der Waals surface area contributed by atoms with Gasteiger partial charge >= 0.3 is 0 Å². The Morgan fingerprint density at radius 2 is 1.90 bits per heavy atom. The number of thioether (sulfide) groups is 1. The molecule has 1 fully saturated rings. The standard InChI is InChI=1S/C21H20Cl2N4OS/c1-26-19(24-25-21(26)29-13-14-8-10-15(22)11-9-14)18-7-4-12-27(18)20(28)16-5-2-3-6-17(16)23/h2-3,5-6,8-11,18H,4,7,12-13H2,1H3. The highest BCUT2D eigenvalue weighted by molar-refractivity contribution is 7.98. The van der Waals surface area contributed by atoms with E-state index in [0.717, 1.165) is 34.6 Å². The second kappa shape index (κ2) is 8.78. The summed E-state index contributed by atoms with van der Waals surface area (Å²) < 4.78 is 1.99. The molecule has 1 unspecified atom stereocenters. The number of hydrogen-bond acceptors (Lipinski definition) is 4. The third kappa shape index (κ3) is 4.29. The summed E-state index contributed by atoms with van der Waals surface area (Å²) in [6, 6.07) is 14.9. The molecule has 0 bridgehead atoms.